The van der Waals surface area contributed by atoms with Crippen LogP contribution >= 0.6 is 0 Å². The lowest BCUT2D eigenvalue weighted by atomic mass is 9.99. The van der Waals surface area contributed by atoms with Gasteiger partial charge in [0.1, 0.15) is 0 Å². The van der Waals surface area contributed by atoms with Gasteiger partial charge in [-0.1, -0.05) is 0 Å². The number of hydrogen-bond donors (Lipinski definition) is 0. The molecule has 1 saturated heterocycles. The zero-order valence-electron chi connectivity index (χ0n) is 9.25. The minimum absolute atomic E-state index is 0.599. The summed E-state index contributed by atoms with van der Waals surface area (Å²) in [7, 11) is 2.21. The van der Waals surface area contributed by atoms with E-state index in [1.165, 1.54) is 36.1 Å². The van der Waals surface area contributed by atoms with Crippen LogP contribution in [0.3, 0.4) is 0 Å². The van der Waals surface area contributed by atoms with Crippen LogP contribution in [0, 0.1) is 13.8 Å². The van der Waals surface area contributed by atoms with Crippen LogP contribution in [-0.2, 0) is 0 Å². The summed E-state index contributed by atoms with van der Waals surface area (Å²) in [5.41, 5.74) is 4.14. The number of hydrogen-bond acceptors (Lipinski definition) is 2. The summed E-state index contributed by atoms with van der Waals surface area (Å²) in [5.74, 6) is 0. The van der Waals surface area contributed by atoms with Gasteiger partial charge in [0.15, 0.2) is 0 Å². The van der Waals surface area contributed by atoms with Crippen molar-refractivity contribution in [1.82, 2.24) is 9.88 Å². The van der Waals surface area contributed by atoms with Crippen molar-refractivity contribution in [3.05, 3.63) is 29.1 Å². The summed E-state index contributed by atoms with van der Waals surface area (Å²) in [5, 5.41) is 0. The summed E-state index contributed by atoms with van der Waals surface area (Å²) in [6.45, 7) is 5.57. The number of likely N-dealkylation sites (tertiary alicyclic amines) is 1. The second-order valence-electron chi connectivity index (χ2n) is 4.31. The highest BCUT2D eigenvalue weighted by Crippen LogP contribution is 2.32. The Hall–Kier alpha value is -0.890. The van der Waals surface area contributed by atoms with Gasteiger partial charge in [-0.05, 0) is 57.0 Å². The fourth-order valence-corrected chi connectivity index (χ4v) is 2.29. The molecule has 1 unspecified atom stereocenters. The molecule has 0 aromatic carbocycles. The van der Waals surface area contributed by atoms with Crippen molar-refractivity contribution in [2.45, 2.75) is 32.7 Å². The minimum Gasteiger partial charge on any atom is -0.299 e. The van der Waals surface area contributed by atoms with Crippen LogP contribution in [-0.4, -0.2) is 23.5 Å². The Balaban J connectivity index is 2.36. The second kappa shape index (κ2) is 3.70. The van der Waals surface area contributed by atoms with Crippen molar-refractivity contribution in [2.24, 2.45) is 0 Å². The van der Waals surface area contributed by atoms with E-state index in [0.29, 0.717) is 6.04 Å². The first-order valence-electron chi connectivity index (χ1n) is 5.31. The first-order chi connectivity index (χ1) is 6.70. The molecule has 0 radical (unpaired) electrons. The first-order valence-corrected chi connectivity index (χ1v) is 5.31. The van der Waals surface area contributed by atoms with Gasteiger partial charge in [0.2, 0.25) is 0 Å². The molecule has 0 amide bonds. The molecule has 0 aliphatic carbocycles. The van der Waals surface area contributed by atoms with E-state index in [1.807, 2.05) is 12.4 Å². The third-order valence-corrected chi connectivity index (χ3v) is 3.39. The molecule has 0 N–H and O–H groups in total. The summed E-state index contributed by atoms with van der Waals surface area (Å²) >= 11 is 0. The molecule has 2 heterocycles. The van der Waals surface area contributed by atoms with Gasteiger partial charge in [0.25, 0.3) is 0 Å². The average Bonchev–Trinajstić information content (AvgIpc) is 2.57. The van der Waals surface area contributed by atoms with E-state index in [0.717, 1.165) is 0 Å². The molecule has 1 atom stereocenters. The third-order valence-electron chi connectivity index (χ3n) is 3.39. The number of pyridine rings is 1. The van der Waals surface area contributed by atoms with Crippen molar-refractivity contribution in [3.63, 3.8) is 0 Å². The lowest BCUT2D eigenvalue weighted by Gasteiger charge is -2.21. The quantitative estimate of drug-likeness (QED) is 0.676. The molecule has 1 aromatic rings. The van der Waals surface area contributed by atoms with Crippen LogP contribution in [0.5, 0.6) is 0 Å². The van der Waals surface area contributed by atoms with Crippen molar-refractivity contribution in [3.8, 4) is 0 Å². The predicted octanol–water partition coefficient (Wildman–Crippen LogP) is 2.47. The van der Waals surface area contributed by atoms with Gasteiger partial charge < -0.3 is 0 Å². The Morgan fingerprint density at radius 1 is 1.36 bits per heavy atom. The molecular weight excluding hydrogens is 172 g/mol. The van der Waals surface area contributed by atoms with E-state index in [2.05, 4.69) is 30.8 Å². The summed E-state index contributed by atoms with van der Waals surface area (Å²) in [6, 6.07) is 0.599. The molecule has 14 heavy (non-hydrogen) atoms. The fourth-order valence-electron chi connectivity index (χ4n) is 2.29. The highest BCUT2D eigenvalue weighted by Gasteiger charge is 2.24. The van der Waals surface area contributed by atoms with Gasteiger partial charge in [-0.2, -0.15) is 0 Å². The number of aromatic nitrogens is 1. The van der Waals surface area contributed by atoms with E-state index >= 15 is 0 Å². The summed E-state index contributed by atoms with van der Waals surface area (Å²) < 4.78 is 0. The van der Waals surface area contributed by atoms with Gasteiger partial charge in [-0.15, -0.1) is 0 Å². The van der Waals surface area contributed by atoms with Crippen molar-refractivity contribution < 1.29 is 0 Å². The van der Waals surface area contributed by atoms with E-state index in [1.54, 1.807) is 0 Å². The molecule has 2 nitrogen and oxygen atoms in total. The van der Waals surface area contributed by atoms with Crippen LogP contribution in [0.2, 0.25) is 0 Å². The molecular formula is C12H18N2. The van der Waals surface area contributed by atoms with Crippen molar-refractivity contribution >= 4 is 0 Å². The van der Waals surface area contributed by atoms with Crippen LogP contribution in [0.4, 0.5) is 0 Å². The van der Waals surface area contributed by atoms with Gasteiger partial charge in [0, 0.05) is 18.4 Å². The maximum absolute atomic E-state index is 4.30. The molecule has 0 spiro atoms. The van der Waals surface area contributed by atoms with E-state index in [9.17, 15) is 0 Å². The summed E-state index contributed by atoms with van der Waals surface area (Å²) in [6.07, 6.45) is 6.58. The molecule has 1 aliphatic heterocycles. The van der Waals surface area contributed by atoms with Crippen LogP contribution in [0.15, 0.2) is 12.4 Å². The molecule has 0 bridgehead atoms. The largest absolute Gasteiger partial charge is 0.299 e. The Labute approximate surface area is 86.0 Å². The zero-order chi connectivity index (χ0) is 10.1. The lowest BCUT2D eigenvalue weighted by molar-refractivity contribution is 0.316. The Morgan fingerprint density at radius 3 is 2.79 bits per heavy atom. The topological polar surface area (TPSA) is 16.1 Å². The van der Waals surface area contributed by atoms with E-state index < -0.39 is 0 Å². The van der Waals surface area contributed by atoms with Crippen LogP contribution < -0.4 is 0 Å². The number of aryl methyl sites for hydroxylation is 1. The molecule has 76 valence electrons. The zero-order valence-corrected chi connectivity index (χ0v) is 9.25. The molecule has 1 aliphatic rings. The van der Waals surface area contributed by atoms with Gasteiger partial charge in [0.05, 0.1) is 0 Å². The minimum atomic E-state index is 0.599. The smallest absolute Gasteiger partial charge is 0.0363 e. The second-order valence-corrected chi connectivity index (χ2v) is 4.31. The molecule has 1 aromatic heterocycles. The van der Waals surface area contributed by atoms with Crippen LogP contribution in [0.1, 0.15) is 35.6 Å². The monoisotopic (exact) mass is 190 g/mol. The SMILES string of the molecule is Cc1cncc(C2CCCN2C)c1C. The Morgan fingerprint density at radius 2 is 2.14 bits per heavy atom. The maximum atomic E-state index is 4.30. The highest BCUT2D eigenvalue weighted by atomic mass is 15.1. The molecule has 2 heteroatoms. The third kappa shape index (κ3) is 1.55. The average molecular weight is 190 g/mol. The van der Waals surface area contributed by atoms with Gasteiger partial charge in [-0.3, -0.25) is 9.88 Å². The Kier molecular flexibility index (Phi) is 2.55. The molecule has 1 fully saturated rings. The maximum Gasteiger partial charge on any atom is 0.0363 e. The highest BCUT2D eigenvalue weighted by molar-refractivity contribution is 5.32. The normalized spacial score (nSPS) is 22.9. The number of rotatable bonds is 1. The van der Waals surface area contributed by atoms with Crippen molar-refractivity contribution in [1.29, 1.82) is 0 Å². The van der Waals surface area contributed by atoms with Crippen LogP contribution in [0.25, 0.3) is 0 Å². The van der Waals surface area contributed by atoms with Gasteiger partial charge in [-0.25, -0.2) is 0 Å². The Bertz CT molecular complexity index is 333. The predicted molar refractivity (Wildman–Crippen MR) is 58.3 cm³/mol. The molecule has 2 rings (SSSR count). The molecule has 0 saturated carbocycles. The van der Waals surface area contributed by atoms with E-state index in [4.69, 9.17) is 0 Å². The van der Waals surface area contributed by atoms with E-state index in [-0.39, 0.29) is 0 Å². The first kappa shape index (κ1) is 9.66. The fraction of sp³-hybridized carbons (Fsp3) is 0.583. The summed E-state index contributed by atoms with van der Waals surface area (Å²) in [4.78, 5) is 6.73. The standard InChI is InChI=1S/C12H18N2/c1-9-7-13-8-11(10(9)2)12-5-4-6-14(12)3/h7-8,12H,4-6H2,1-3H3. The number of nitrogens with zero attached hydrogens (tertiary/aromatic N) is 2. The van der Waals surface area contributed by atoms with Gasteiger partial charge >= 0.3 is 0 Å². The van der Waals surface area contributed by atoms with Crippen molar-refractivity contribution in [2.75, 3.05) is 13.6 Å². The lowest BCUT2D eigenvalue weighted by Crippen LogP contribution is -2.18.